The number of fused-ring (bicyclic) bond motifs is 1. The van der Waals surface area contributed by atoms with Crippen molar-refractivity contribution in [1.29, 1.82) is 0 Å². The van der Waals surface area contributed by atoms with Gasteiger partial charge in [-0.2, -0.15) is 0 Å². The van der Waals surface area contributed by atoms with Gasteiger partial charge in [0.2, 0.25) is 0 Å². The highest BCUT2D eigenvalue weighted by atomic mass is 28.3. The van der Waals surface area contributed by atoms with Crippen LogP contribution in [-0.4, -0.2) is 16.9 Å². The van der Waals surface area contributed by atoms with Crippen LogP contribution < -0.4 is 0 Å². The molecule has 0 saturated heterocycles. The standard InChI is InChI=1S/C28H43Si2/c1-19-20(2)22(4)26(21(19)3)30(10,18-28(5,6)7)27-24(15-16-29(8)9)17-23-13-11-12-14-25(23)27/h11-14,17,26-27H,15-16,18H2,1-10H3. The van der Waals surface area contributed by atoms with Crippen molar-refractivity contribution >= 4 is 22.9 Å². The zero-order valence-corrected chi connectivity index (χ0v) is 23.2. The number of benzene rings is 1. The van der Waals surface area contributed by atoms with E-state index in [1.54, 1.807) is 33.4 Å². The molecule has 0 aromatic heterocycles. The van der Waals surface area contributed by atoms with E-state index in [9.17, 15) is 0 Å². The molecule has 1 radical (unpaired) electrons. The Morgan fingerprint density at radius 3 is 2.00 bits per heavy atom. The molecule has 0 saturated carbocycles. The molecule has 0 nitrogen and oxygen atoms in total. The molecule has 0 heterocycles. The maximum atomic E-state index is 2.76. The van der Waals surface area contributed by atoms with Crippen LogP contribution in [0.2, 0.25) is 37.3 Å². The average molecular weight is 436 g/mol. The van der Waals surface area contributed by atoms with Gasteiger partial charge in [-0.25, -0.2) is 0 Å². The second-order valence-electron chi connectivity index (χ2n) is 11.8. The zero-order chi connectivity index (χ0) is 22.4. The summed E-state index contributed by atoms with van der Waals surface area (Å²) in [5.74, 6) is 0. The summed E-state index contributed by atoms with van der Waals surface area (Å²) < 4.78 is 0. The van der Waals surface area contributed by atoms with E-state index in [-0.39, 0.29) is 8.80 Å². The minimum Gasteiger partial charge on any atom is -0.0713 e. The predicted octanol–water partition coefficient (Wildman–Crippen LogP) is 9.03. The summed E-state index contributed by atoms with van der Waals surface area (Å²) in [6.07, 6.45) is 3.88. The molecule has 2 aliphatic carbocycles. The number of rotatable bonds is 6. The molecule has 30 heavy (non-hydrogen) atoms. The van der Waals surface area contributed by atoms with Gasteiger partial charge in [-0.15, -0.1) is 0 Å². The Hall–Kier alpha value is -1.13. The number of hydrogen-bond donors (Lipinski definition) is 0. The lowest BCUT2D eigenvalue weighted by atomic mass is 10.0. The predicted molar refractivity (Wildman–Crippen MR) is 140 cm³/mol. The highest BCUT2D eigenvalue weighted by molar-refractivity contribution is 6.83. The fraction of sp³-hybridized carbons (Fsp3) is 0.571. The normalized spacial score (nSPS) is 22.1. The van der Waals surface area contributed by atoms with E-state index >= 15 is 0 Å². The molecule has 1 aromatic rings. The van der Waals surface area contributed by atoms with Gasteiger partial charge in [-0.1, -0.05) is 99.6 Å². The minimum absolute atomic E-state index is 0.212. The molecule has 0 spiro atoms. The smallest absolute Gasteiger partial charge is 0.0713 e. The Morgan fingerprint density at radius 2 is 1.47 bits per heavy atom. The molecule has 2 atom stereocenters. The van der Waals surface area contributed by atoms with E-state index < -0.39 is 8.07 Å². The summed E-state index contributed by atoms with van der Waals surface area (Å²) >= 11 is 0. The monoisotopic (exact) mass is 435 g/mol. The lowest BCUT2D eigenvalue weighted by Gasteiger charge is -2.46. The molecular formula is C28H43Si2. The summed E-state index contributed by atoms with van der Waals surface area (Å²) in [5, 5.41) is 0. The quantitative estimate of drug-likeness (QED) is 0.391. The van der Waals surface area contributed by atoms with Crippen LogP contribution in [0.5, 0.6) is 0 Å². The molecule has 2 unspecified atom stereocenters. The third kappa shape index (κ3) is 4.27. The van der Waals surface area contributed by atoms with Crippen LogP contribution in [0, 0.1) is 5.41 Å². The van der Waals surface area contributed by atoms with Crippen molar-refractivity contribution in [3.8, 4) is 0 Å². The topological polar surface area (TPSA) is 0 Å². The first kappa shape index (κ1) is 23.5. The fourth-order valence-electron chi connectivity index (χ4n) is 6.63. The molecule has 0 bridgehead atoms. The van der Waals surface area contributed by atoms with E-state index in [4.69, 9.17) is 0 Å². The summed E-state index contributed by atoms with van der Waals surface area (Å²) in [6, 6.07) is 12.1. The summed E-state index contributed by atoms with van der Waals surface area (Å²) in [6.45, 7) is 24.7. The van der Waals surface area contributed by atoms with E-state index in [1.165, 1.54) is 24.1 Å². The lowest BCUT2D eigenvalue weighted by Crippen LogP contribution is -2.47. The molecule has 0 aliphatic heterocycles. The van der Waals surface area contributed by atoms with Crippen molar-refractivity contribution in [2.75, 3.05) is 0 Å². The van der Waals surface area contributed by atoms with Crippen LogP contribution in [0.3, 0.4) is 0 Å². The van der Waals surface area contributed by atoms with E-state index in [2.05, 4.69) is 98.4 Å². The molecule has 3 rings (SSSR count). The molecule has 1 aromatic carbocycles. The van der Waals surface area contributed by atoms with Gasteiger partial charge < -0.3 is 0 Å². The molecule has 0 N–H and O–H groups in total. The summed E-state index contributed by atoms with van der Waals surface area (Å²) in [7, 11) is -2.00. The molecular weight excluding hydrogens is 392 g/mol. The lowest BCUT2D eigenvalue weighted by molar-refractivity contribution is 0.456. The third-order valence-corrected chi connectivity index (χ3v) is 15.0. The number of hydrogen-bond acceptors (Lipinski definition) is 0. The maximum Gasteiger partial charge on any atom is 0.0752 e. The fourth-order valence-corrected chi connectivity index (χ4v) is 14.9. The second kappa shape index (κ2) is 8.43. The van der Waals surface area contributed by atoms with Gasteiger partial charge in [0.1, 0.15) is 0 Å². The first-order valence-corrected chi connectivity index (χ1v) is 17.4. The van der Waals surface area contributed by atoms with Gasteiger partial charge in [0.25, 0.3) is 0 Å². The van der Waals surface area contributed by atoms with Crippen LogP contribution in [0.25, 0.3) is 6.08 Å². The van der Waals surface area contributed by atoms with Crippen molar-refractivity contribution in [3.05, 3.63) is 63.3 Å². The SMILES string of the molecule is CC1=C(C)C([Si](C)(CC(C)(C)C)C2C(CC[Si](C)C)=Cc3ccccc32)C(C)=C1C. The van der Waals surface area contributed by atoms with Crippen LogP contribution in [-0.2, 0) is 0 Å². The van der Waals surface area contributed by atoms with Crippen LogP contribution in [0.15, 0.2) is 52.1 Å². The number of allylic oxidation sites excluding steroid dienone is 5. The largest absolute Gasteiger partial charge is 0.0752 e. The zero-order valence-electron chi connectivity index (χ0n) is 21.2. The van der Waals surface area contributed by atoms with Crippen LogP contribution in [0.4, 0.5) is 0 Å². The summed E-state index contributed by atoms with van der Waals surface area (Å²) in [4.78, 5) is 0. The molecule has 0 fully saturated rings. The van der Waals surface area contributed by atoms with E-state index in [1.807, 2.05) is 0 Å². The molecule has 0 amide bonds. The molecule has 2 aliphatic rings. The van der Waals surface area contributed by atoms with Crippen molar-refractivity contribution in [2.24, 2.45) is 5.41 Å². The third-order valence-electron chi connectivity index (χ3n) is 7.77. The van der Waals surface area contributed by atoms with Crippen molar-refractivity contribution in [2.45, 2.75) is 97.7 Å². The summed E-state index contributed by atoms with van der Waals surface area (Å²) in [5.41, 5.74) is 13.0. The Balaban J connectivity index is 2.19. The Bertz CT molecular complexity index is 883. The van der Waals surface area contributed by atoms with E-state index in [0.29, 0.717) is 16.5 Å². The van der Waals surface area contributed by atoms with E-state index in [0.717, 1.165) is 0 Å². The Kier molecular flexibility index (Phi) is 6.61. The van der Waals surface area contributed by atoms with Gasteiger partial charge in [-0.3, -0.25) is 0 Å². The first-order chi connectivity index (χ1) is 13.9. The maximum absolute atomic E-state index is 2.76. The highest BCUT2D eigenvalue weighted by Crippen LogP contribution is 2.58. The van der Waals surface area contributed by atoms with Crippen LogP contribution in [0.1, 0.15) is 71.6 Å². The van der Waals surface area contributed by atoms with Gasteiger partial charge >= 0.3 is 0 Å². The minimum atomic E-state index is -1.79. The van der Waals surface area contributed by atoms with Gasteiger partial charge in [-0.05, 0) is 67.3 Å². The van der Waals surface area contributed by atoms with Gasteiger partial charge in [0.05, 0.1) is 8.07 Å². The van der Waals surface area contributed by atoms with Crippen molar-refractivity contribution in [3.63, 3.8) is 0 Å². The average Bonchev–Trinajstić information content (AvgIpc) is 3.10. The van der Waals surface area contributed by atoms with Crippen LogP contribution >= 0.6 is 0 Å². The van der Waals surface area contributed by atoms with Gasteiger partial charge in [0.15, 0.2) is 0 Å². The Morgan fingerprint density at radius 1 is 0.900 bits per heavy atom. The van der Waals surface area contributed by atoms with Crippen molar-refractivity contribution in [1.82, 2.24) is 0 Å². The first-order valence-electron chi connectivity index (χ1n) is 11.8. The molecule has 163 valence electrons. The van der Waals surface area contributed by atoms with Gasteiger partial charge in [0, 0.05) is 14.3 Å². The highest BCUT2D eigenvalue weighted by Gasteiger charge is 2.51. The second-order valence-corrected chi connectivity index (χ2v) is 19.2. The Labute approximate surface area is 189 Å². The van der Waals surface area contributed by atoms with Crippen molar-refractivity contribution < 1.29 is 0 Å². The molecule has 2 heteroatoms.